The first kappa shape index (κ1) is 15.0. The molecule has 2 nitrogen and oxygen atoms in total. The molecule has 102 valence electrons. The molecule has 0 spiro atoms. The third-order valence-electron chi connectivity index (χ3n) is 3.99. The van der Waals surface area contributed by atoms with Gasteiger partial charge in [0.1, 0.15) is 0 Å². The standard InChI is InChI=1S/C15H31NO/c1-3-5-12-17-13-11-16-15-8-6-7-14(4-2)9-10-15/h14-16H,3-13H2,1-2H3. The van der Waals surface area contributed by atoms with Crippen molar-refractivity contribution in [3.63, 3.8) is 0 Å². The Balaban J connectivity index is 1.99. The first-order valence-corrected chi connectivity index (χ1v) is 7.68. The largest absolute Gasteiger partial charge is 0.380 e. The number of hydrogen-bond acceptors (Lipinski definition) is 2. The van der Waals surface area contributed by atoms with Crippen LogP contribution in [-0.2, 0) is 4.74 Å². The minimum absolute atomic E-state index is 0.751. The number of unbranched alkanes of at least 4 members (excludes halogenated alkanes) is 1. The average molecular weight is 241 g/mol. The van der Waals surface area contributed by atoms with Crippen molar-refractivity contribution in [3.05, 3.63) is 0 Å². The maximum atomic E-state index is 5.58. The maximum absolute atomic E-state index is 5.58. The van der Waals surface area contributed by atoms with Gasteiger partial charge in [-0.25, -0.2) is 0 Å². The van der Waals surface area contributed by atoms with Crippen LogP contribution in [0.4, 0.5) is 0 Å². The van der Waals surface area contributed by atoms with Gasteiger partial charge in [-0.15, -0.1) is 0 Å². The predicted molar refractivity (Wildman–Crippen MR) is 74.4 cm³/mol. The molecule has 1 aliphatic rings. The van der Waals surface area contributed by atoms with Crippen LogP contribution >= 0.6 is 0 Å². The lowest BCUT2D eigenvalue weighted by Gasteiger charge is -2.16. The van der Waals surface area contributed by atoms with Gasteiger partial charge in [-0.05, 0) is 31.6 Å². The molecule has 1 saturated carbocycles. The van der Waals surface area contributed by atoms with E-state index in [0.717, 1.165) is 31.7 Å². The molecule has 1 fully saturated rings. The fourth-order valence-corrected chi connectivity index (χ4v) is 2.67. The molecule has 17 heavy (non-hydrogen) atoms. The summed E-state index contributed by atoms with van der Waals surface area (Å²) in [6.45, 7) is 7.39. The Morgan fingerprint density at radius 2 is 1.94 bits per heavy atom. The molecule has 0 radical (unpaired) electrons. The van der Waals surface area contributed by atoms with Gasteiger partial charge in [0.25, 0.3) is 0 Å². The zero-order valence-electron chi connectivity index (χ0n) is 11.8. The van der Waals surface area contributed by atoms with Crippen molar-refractivity contribution in [1.29, 1.82) is 0 Å². The molecular weight excluding hydrogens is 210 g/mol. The Hall–Kier alpha value is -0.0800. The van der Waals surface area contributed by atoms with Crippen molar-refractivity contribution in [2.24, 2.45) is 5.92 Å². The Labute approximate surface area is 108 Å². The van der Waals surface area contributed by atoms with Crippen LogP contribution in [0.3, 0.4) is 0 Å². The van der Waals surface area contributed by atoms with Crippen LogP contribution < -0.4 is 5.32 Å². The summed E-state index contributed by atoms with van der Waals surface area (Å²) < 4.78 is 5.58. The molecule has 1 rings (SSSR count). The highest BCUT2D eigenvalue weighted by molar-refractivity contribution is 4.74. The highest BCUT2D eigenvalue weighted by Crippen LogP contribution is 2.25. The summed E-state index contributed by atoms with van der Waals surface area (Å²) in [5.74, 6) is 0.989. The molecule has 2 heteroatoms. The van der Waals surface area contributed by atoms with Crippen molar-refractivity contribution in [3.8, 4) is 0 Å². The van der Waals surface area contributed by atoms with Crippen LogP contribution in [0.25, 0.3) is 0 Å². The molecule has 0 saturated heterocycles. The zero-order valence-corrected chi connectivity index (χ0v) is 11.8. The predicted octanol–water partition coefficient (Wildman–Crippen LogP) is 3.75. The van der Waals surface area contributed by atoms with Gasteiger partial charge < -0.3 is 10.1 Å². The zero-order chi connectivity index (χ0) is 12.3. The van der Waals surface area contributed by atoms with Crippen LogP contribution in [0, 0.1) is 5.92 Å². The Kier molecular flexibility index (Phi) is 8.72. The summed E-state index contributed by atoms with van der Waals surface area (Å²) in [4.78, 5) is 0. The minimum atomic E-state index is 0.751. The molecule has 0 heterocycles. The van der Waals surface area contributed by atoms with Crippen LogP contribution in [0.15, 0.2) is 0 Å². The molecule has 0 aromatic carbocycles. The van der Waals surface area contributed by atoms with Crippen molar-refractivity contribution < 1.29 is 4.74 Å². The van der Waals surface area contributed by atoms with E-state index >= 15 is 0 Å². The van der Waals surface area contributed by atoms with Crippen molar-refractivity contribution in [2.75, 3.05) is 19.8 Å². The lowest BCUT2D eigenvalue weighted by molar-refractivity contribution is 0.130. The van der Waals surface area contributed by atoms with E-state index in [1.54, 1.807) is 0 Å². The molecule has 0 bridgehead atoms. The van der Waals surface area contributed by atoms with Crippen LogP contribution in [0.5, 0.6) is 0 Å². The normalized spacial score (nSPS) is 25.8. The van der Waals surface area contributed by atoms with Crippen molar-refractivity contribution in [1.82, 2.24) is 5.32 Å². The third-order valence-corrected chi connectivity index (χ3v) is 3.99. The van der Waals surface area contributed by atoms with E-state index in [2.05, 4.69) is 19.2 Å². The summed E-state index contributed by atoms with van der Waals surface area (Å²) in [6.07, 6.45) is 10.8. The second-order valence-corrected chi connectivity index (χ2v) is 5.40. The molecule has 1 N–H and O–H groups in total. The summed E-state index contributed by atoms with van der Waals surface area (Å²) in [7, 11) is 0. The van der Waals surface area contributed by atoms with Crippen LogP contribution in [-0.4, -0.2) is 25.8 Å². The first-order valence-electron chi connectivity index (χ1n) is 7.68. The first-order chi connectivity index (χ1) is 8.36. The second kappa shape index (κ2) is 9.90. The fraction of sp³-hybridized carbons (Fsp3) is 1.00. The molecule has 1 aliphatic carbocycles. The number of ether oxygens (including phenoxy) is 1. The molecular formula is C15H31NO. The van der Waals surface area contributed by atoms with Crippen molar-refractivity contribution in [2.45, 2.75) is 71.3 Å². The van der Waals surface area contributed by atoms with E-state index in [4.69, 9.17) is 4.74 Å². The molecule has 0 aromatic rings. The number of hydrogen-bond donors (Lipinski definition) is 1. The summed E-state index contributed by atoms with van der Waals surface area (Å²) in [5, 5.41) is 3.66. The van der Waals surface area contributed by atoms with Gasteiger partial charge in [-0.3, -0.25) is 0 Å². The smallest absolute Gasteiger partial charge is 0.0590 e. The maximum Gasteiger partial charge on any atom is 0.0590 e. The van der Waals surface area contributed by atoms with Crippen molar-refractivity contribution >= 4 is 0 Å². The number of nitrogens with one attached hydrogen (secondary N) is 1. The Bertz CT molecular complexity index is 172. The highest BCUT2D eigenvalue weighted by Gasteiger charge is 2.16. The fourth-order valence-electron chi connectivity index (χ4n) is 2.67. The summed E-state index contributed by atoms with van der Waals surface area (Å²) in [5.41, 5.74) is 0. The van der Waals surface area contributed by atoms with Gasteiger partial charge in [0.15, 0.2) is 0 Å². The average Bonchev–Trinajstić information content (AvgIpc) is 2.59. The second-order valence-electron chi connectivity index (χ2n) is 5.40. The van der Waals surface area contributed by atoms with E-state index in [-0.39, 0.29) is 0 Å². The lowest BCUT2D eigenvalue weighted by atomic mass is 9.98. The highest BCUT2D eigenvalue weighted by atomic mass is 16.5. The van der Waals surface area contributed by atoms with Crippen LogP contribution in [0.2, 0.25) is 0 Å². The molecule has 0 aliphatic heterocycles. The SMILES string of the molecule is CCCCOCCNC1CCCC(CC)CC1. The van der Waals surface area contributed by atoms with E-state index < -0.39 is 0 Å². The van der Waals surface area contributed by atoms with Gasteiger partial charge in [0.2, 0.25) is 0 Å². The topological polar surface area (TPSA) is 21.3 Å². The lowest BCUT2D eigenvalue weighted by Crippen LogP contribution is -2.31. The van der Waals surface area contributed by atoms with E-state index in [9.17, 15) is 0 Å². The molecule has 0 aromatic heterocycles. The van der Waals surface area contributed by atoms with Gasteiger partial charge >= 0.3 is 0 Å². The Morgan fingerprint density at radius 1 is 1.06 bits per heavy atom. The van der Waals surface area contributed by atoms with Crippen LogP contribution in [0.1, 0.15) is 65.2 Å². The number of rotatable bonds is 8. The quantitative estimate of drug-likeness (QED) is 0.516. The third kappa shape index (κ3) is 7.05. The van der Waals surface area contributed by atoms with Gasteiger partial charge in [-0.1, -0.05) is 39.5 Å². The van der Waals surface area contributed by atoms with Gasteiger partial charge in [-0.2, -0.15) is 0 Å². The van der Waals surface area contributed by atoms with E-state index in [1.807, 2.05) is 0 Å². The minimum Gasteiger partial charge on any atom is -0.380 e. The molecule has 2 unspecified atom stereocenters. The Morgan fingerprint density at radius 3 is 2.71 bits per heavy atom. The summed E-state index contributed by atoms with van der Waals surface area (Å²) in [6, 6.07) is 0.751. The van der Waals surface area contributed by atoms with Gasteiger partial charge in [0, 0.05) is 19.2 Å². The monoisotopic (exact) mass is 241 g/mol. The molecule has 2 atom stereocenters. The summed E-state index contributed by atoms with van der Waals surface area (Å²) >= 11 is 0. The van der Waals surface area contributed by atoms with Gasteiger partial charge in [0.05, 0.1) is 6.61 Å². The molecule has 0 amide bonds. The van der Waals surface area contributed by atoms with E-state index in [0.29, 0.717) is 0 Å². The van der Waals surface area contributed by atoms with E-state index in [1.165, 1.54) is 51.4 Å².